The van der Waals surface area contributed by atoms with E-state index in [0.29, 0.717) is 5.02 Å². The summed E-state index contributed by atoms with van der Waals surface area (Å²) < 4.78 is 69.6. The van der Waals surface area contributed by atoms with Gasteiger partial charge < -0.3 is 9.57 Å². The Morgan fingerprint density at radius 2 is 1.69 bits per heavy atom. The highest BCUT2D eigenvalue weighted by atomic mass is 35.5. The molecule has 0 aromatic heterocycles. The Morgan fingerprint density at radius 1 is 1.06 bits per heavy atom. The van der Waals surface area contributed by atoms with Gasteiger partial charge in [-0.25, -0.2) is 4.31 Å². The van der Waals surface area contributed by atoms with Crippen LogP contribution in [0.15, 0.2) is 47.6 Å². The van der Waals surface area contributed by atoms with Crippen molar-refractivity contribution in [3.63, 3.8) is 0 Å². The molecule has 2 rings (SSSR count). The number of ether oxygens (including phenoxy) is 1. The molecular weight excluding hydrogens is 492 g/mol. The molecule has 6 nitrogen and oxygen atoms in total. The Kier molecular flexibility index (Phi) is 9.20. The fraction of sp³-hybridized carbons (Fsp3) is 0.350. The number of halogens is 5. The minimum absolute atomic E-state index is 0.00568. The van der Waals surface area contributed by atoms with Gasteiger partial charge in [-0.05, 0) is 49.2 Å². The molecule has 0 amide bonds. The van der Waals surface area contributed by atoms with Crippen molar-refractivity contribution in [3.05, 3.63) is 63.6 Å². The van der Waals surface area contributed by atoms with Gasteiger partial charge in [-0.3, -0.25) is 0 Å². The number of sulfonamides is 1. The lowest BCUT2D eigenvalue weighted by atomic mass is 10.1. The zero-order chi connectivity index (χ0) is 23.9. The first kappa shape index (κ1) is 26.2. The molecule has 0 aliphatic rings. The third-order valence-electron chi connectivity index (χ3n) is 4.19. The van der Waals surface area contributed by atoms with Crippen LogP contribution in [0.3, 0.4) is 0 Å². The van der Waals surface area contributed by atoms with Gasteiger partial charge in [0.15, 0.2) is 0 Å². The quantitative estimate of drug-likeness (QED) is 0.223. The van der Waals surface area contributed by atoms with Crippen molar-refractivity contribution >= 4 is 44.6 Å². The Bertz CT molecular complexity index is 1050. The van der Waals surface area contributed by atoms with E-state index in [1.54, 1.807) is 31.2 Å². The number of rotatable bonds is 10. The molecule has 0 fully saturated rings. The lowest BCUT2D eigenvalue weighted by Gasteiger charge is -2.27. The van der Waals surface area contributed by atoms with Crippen LogP contribution in [0.5, 0.6) is 0 Å². The smallest absolute Gasteiger partial charge is 0.391 e. The molecule has 0 heterocycles. The maximum atomic E-state index is 13.3. The van der Waals surface area contributed by atoms with Crippen molar-refractivity contribution in [3.8, 4) is 0 Å². The molecule has 0 bridgehead atoms. The number of anilines is 1. The van der Waals surface area contributed by atoms with Crippen LogP contribution in [0.2, 0.25) is 10.0 Å². The number of hydrogen-bond acceptors (Lipinski definition) is 5. The van der Waals surface area contributed by atoms with Crippen LogP contribution in [-0.4, -0.2) is 33.0 Å². The summed E-state index contributed by atoms with van der Waals surface area (Å²) in [6.07, 6.45) is 0.225. The normalized spacial score (nSPS) is 12.7. The van der Waals surface area contributed by atoms with E-state index in [-0.39, 0.29) is 45.9 Å². The highest BCUT2D eigenvalue weighted by Crippen LogP contribution is 2.34. The van der Waals surface area contributed by atoms with Crippen molar-refractivity contribution in [2.75, 3.05) is 17.6 Å². The molecule has 0 atom stereocenters. The van der Waals surface area contributed by atoms with E-state index < -0.39 is 22.3 Å². The molecule has 2 aromatic rings. The van der Waals surface area contributed by atoms with Gasteiger partial charge in [0.1, 0.15) is 13.3 Å². The van der Waals surface area contributed by atoms with Gasteiger partial charge in [-0.1, -0.05) is 47.4 Å². The molecule has 0 spiro atoms. The molecule has 32 heavy (non-hydrogen) atoms. The van der Waals surface area contributed by atoms with Crippen LogP contribution in [0, 0.1) is 0 Å². The zero-order valence-electron chi connectivity index (χ0n) is 17.2. The molecule has 0 saturated heterocycles. The lowest BCUT2D eigenvalue weighted by molar-refractivity contribution is -0.0445. The molecule has 0 aliphatic carbocycles. The fourth-order valence-electron chi connectivity index (χ4n) is 2.59. The molecule has 176 valence electrons. The molecule has 0 unspecified atom stereocenters. The second kappa shape index (κ2) is 11.2. The van der Waals surface area contributed by atoms with E-state index in [4.69, 9.17) is 32.8 Å². The highest BCUT2D eigenvalue weighted by molar-refractivity contribution is 7.93. The van der Waals surface area contributed by atoms with E-state index in [1.165, 1.54) is 25.1 Å². The van der Waals surface area contributed by atoms with Crippen LogP contribution in [-0.2, 0) is 26.2 Å². The Balaban J connectivity index is 2.47. The van der Waals surface area contributed by atoms with Gasteiger partial charge in [-0.2, -0.15) is 21.6 Å². The fourth-order valence-corrected chi connectivity index (χ4v) is 3.77. The van der Waals surface area contributed by atoms with E-state index in [9.17, 15) is 21.6 Å². The topological polar surface area (TPSA) is 68.2 Å². The van der Waals surface area contributed by atoms with Crippen molar-refractivity contribution in [1.29, 1.82) is 0 Å². The third kappa shape index (κ3) is 6.50. The first-order valence-electron chi connectivity index (χ1n) is 9.41. The van der Waals surface area contributed by atoms with E-state index in [1.807, 2.05) is 0 Å². The minimum atomic E-state index is -5.75. The third-order valence-corrected chi connectivity index (χ3v) is 6.14. The average molecular weight is 513 g/mol. The van der Waals surface area contributed by atoms with Crippen LogP contribution < -0.4 is 4.31 Å². The maximum Gasteiger partial charge on any atom is 0.516 e. The first-order chi connectivity index (χ1) is 15.0. The first-order valence-corrected chi connectivity index (χ1v) is 11.6. The second-order valence-corrected chi connectivity index (χ2v) is 9.10. The molecule has 0 saturated carbocycles. The van der Waals surface area contributed by atoms with Crippen LogP contribution in [0.1, 0.15) is 31.4 Å². The predicted molar refractivity (Wildman–Crippen MR) is 118 cm³/mol. The van der Waals surface area contributed by atoms with Gasteiger partial charge in [0.25, 0.3) is 0 Å². The summed E-state index contributed by atoms with van der Waals surface area (Å²) in [5, 5.41) is 4.76. The number of alkyl halides is 3. The number of benzene rings is 2. The number of nitrogens with zero attached hydrogens (tertiary/aromatic N) is 2. The average Bonchev–Trinajstić information content (AvgIpc) is 2.73. The molecule has 12 heteroatoms. The van der Waals surface area contributed by atoms with Gasteiger partial charge in [-0.15, -0.1) is 0 Å². The summed E-state index contributed by atoms with van der Waals surface area (Å²) >= 11 is 11.9. The summed E-state index contributed by atoms with van der Waals surface area (Å²) in [5.41, 5.74) is -4.78. The number of oxime groups is 1. The Morgan fingerprint density at radius 3 is 2.25 bits per heavy atom. The van der Waals surface area contributed by atoms with Crippen LogP contribution >= 0.6 is 23.2 Å². The summed E-state index contributed by atoms with van der Waals surface area (Å²) in [6.45, 7) is 2.46. The van der Waals surface area contributed by atoms with Gasteiger partial charge in [0.05, 0.1) is 11.4 Å². The van der Waals surface area contributed by atoms with Crippen molar-refractivity contribution in [1.82, 2.24) is 0 Å². The van der Waals surface area contributed by atoms with Crippen LogP contribution in [0.25, 0.3) is 0 Å². The molecular formula is C20H21Cl2F3N2O4S. The number of hydrogen-bond donors (Lipinski definition) is 0. The highest BCUT2D eigenvalue weighted by Gasteiger charge is 2.51. The summed E-state index contributed by atoms with van der Waals surface area (Å²) in [6, 6.07) is 10.6. The maximum absolute atomic E-state index is 13.3. The Labute approximate surface area is 194 Å². The van der Waals surface area contributed by atoms with Gasteiger partial charge in [0, 0.05) is 22.2 Å². The van der Waals surface area contributed by atoms with Crippen molar-refractivity contribution < 1.29 is 31.2 Å². The predicted octanol–water partition coefficient (Wildman–Crippen LogP) is 5.97. The summed E-state index contributed by atoms with van der Waals surface area (Å²) in [4.78, 5) is 5.36. The summed E-state index contributed by atoms with van der Waals surface area (Å²) in [7, 11) is -5.75. The second-order valence-electron chi connectivity index (χ2n) is 6.37. The standard InChI is InChI=1S/C20H21Cl2F3N2O4S/c1-3-18(26-31-12-14-5-7-15(21)8-6-14)17-11-16(22)9-10-19(17)27(13-30-4-2)32(28,29)20(23,24)25/h5-11H,3-4,12-13H2,1-2H3/b26-18+. The lowest BCUT2D eigenvalue weighted by Crippen LogP contribution is -2.42. The van der Waals surface area contributed by atoms with E-state index in [2.05, 4.69) is 5.16 Å². The molecule has 0 N–H and O–H groups in total. The largest absolute Gasteiger partial charge is 0.516 e. The van der Waals surface area contributed by atoms with Gasteiger partial charge >= 0.3 is 15.5 Å². The summed E-state index contributed by atoms with van der Waals surface area (Å²) in [5.74, 6) is 0. The van der Waals surface area contributed by atoms with E-state index >= 15 is 0 Å². The van der Waals surface area contributed by atoms with Crippen LogP contribution in [0.4, 0.5) is 18.9 Å². The van der Waals surface area contributed by atoms with Gasteiger partial charge in [0.2, 0.25) is 0 Å². The SMILES string of the molecule is CCOCN(c1ccc(Cl)cc1/C(CC)=N/OCc1ccc(Cl)cc1)S(=O)(=O)C(F)(F)F. The molecule has 0 aliphatic heterocycles. The zero-order valence-corrected chi connectivity index (χ0v) is 19.5. The monoisotopic (exact) mass is 512 g/mol. The Hall–Kier alpha value is -2.01. The molecule has 0 radical (unpaired) electrons. The van der Waals surface area contributed by atoms with Crippen molar-refractivity contribution in [2.45, 2.75) is 32.4 Å². The van der Waals surface area contributed by atoms with Crippen molar-refractivity contribution in [2.24, 2.45) is 5.16 Å². The minimum Gasteiger partial charge on any atom is -0.391 e. The van der Waals surface area contributed by atoms with E-state index in [0.717, 1.165) is 5.56 Å². The molecule has 2 aromatic carbocycles.